The third kappa shape index (κ3) is 2.91. The van der Waals surface area contributed by atoms with E-state index in [2.05, 4.69) is 43.8 Å². The van der Waals surface area contributed by atoms with Crippen molar-refractivity contribution in [3.05, 3.63) is 34.2 Å². The predicted molar refractivity (Wildman–Crippen MR) is 83.2 cm³/mol. The molecule has 0 aliphatic carbocycles. The van der Waals surface area contributed by atoms with Crippen molar-refractivity contribution in [2.45, 2.75) is 18.9 Å². The first-order valence-electron chi connectivity index (χ1n) is 6.82. The Labute approximate surface area is 122 Å². The topological polar surface area (TPSA) is 67.1 Å². The lowest BCUT2D eigenvalue weighted by molar-refractivity contribution is 0.616. The van der Waals surface area contributed by atoms with E-state index in [0.717, 1.165) is 37.4 Å². The SMILES string of the molecule is CNC1CCN(c2cc(Cc3cccs3)nc(N)n2)C1. The molecule has 2 aromatic heterocycles. The lowest BCUT2D eigenvalue weighted by Crippen LogP contribution is -2.30. The molecule has 1 atom stereocenters. The third-order valence-electron chi connectivity index (χ3n) is 3.64. The summed E-state index contributed by atoms with van der Waals surface area (Å²) in [4.78, 5) is 12.3. The Morgan fingerprint density at radius 2 is 2.40 bits per heavy atom. The Morgan fingerprint density at radius 1 is 1.50 bits per heavy atom. The van der Waals surface area contributed by atoms with Crippen LogP contribution in [0.2, 0.25) is 0 Å². The van der Waals surface area contributed by atoms with E-state index in [4.69, 9.17) is 5.73 Å². The summed E-state index contributed by atoms with van der Waals surface area (Å²) in [5.41, 5.74) is 6.85. The molecule has 1 aliphatic heterocycles. The molecule has 1 aliphatic rings. The Hall–Kier alpha value is -1.66. The van der Waals surface area contributed by atoms with Crippen LogP contribution in [-0.2, 0) is 6.42 Å². The first-order chi connectivity index (χ1) is 9.74. The fourth-order valence-corrected chi connectivity index (χ4v) is 3.27. The number of anilines is 2. The first kappa shape index (κ1) is 13.3. The molecule has 1 fully saturated rings. The fraction of sp³-hybridized carbons (Fsp3) is 0.429. The van der Waals surface area contributed by atoms with Crippen molar-refractivity contribution < 1.29 is 0 Å². The zero-order valence-electron chi connectivity index (χ0n) is 11.5. The number of nitrogens with two attached hydrogens (primary N) is 1. The van der Waals surface area contributed by atoms with E-state index in [0.29, 0.717) is 12.0 Å². The number of nitrogen functional groups attached to an aromatic ring is 1. The number of hydrogen-bond donors (Lipinski definition) is 2. The maximum absolute atomic E-state index is 5.86. The van der Waals surface area contributed by atoms with E-state index < -0.39 is 0 Å². The fourth-order valence-electron chi connectivity index (χ4n) is 2.55. The van der Waals surface area contributed by atoms with Crippen LogP contribution in [0, 0.1) is 0 Å². The Kier molecular flexibility index (Phi) is 3.84. The standard InChI is InChI=1S/C14H19N5S/c1-16-10-4-5-19(9-10)13-8-11(17-14(15)18-13)7-12-3-2-6-20-12/h2-3,6,8,10,16H,4-5,7,9H2,1H3,(H2,15,17,18). The van der Waals surface area contributed by atoms with Crippen molar-refractivity contribution >= 4 is 23.1 Å². The summed E-state index contributed by atoms with van der Waals surface area (Å²) in [5, 5.41) is 5.40. The Balaban J connectivity index is 1.80. The van der Waals surface area contributed by atoms with Crippen LogP contribution in [0.15, 0.2) is 23.6 Å². The molecule has 5 nitrogen and oxygen atoms in total. The van der Waals surface area contributed by atoms with Crippen molar-refractivity contribution in [3.8, 4) is 0 Å². The van der Waals surface area contributed by atoms with Crippen molar-refractivity contribution in [1.29, 1.82) is 0 Å². The van der Waals surface area contributed by atoms with E-state index in [1.807, 2.05) is 7.05 Å². The number of nitrogens with one attached hydrogen (secondary N) is 1. The van der Waals surface area contributed by atoms with Crippen molar-refractivity contribution in [1.82, 2.24) is 15.3 Å². The van der Waals surface area contributed by atoms with Gasteiger partial charge in [-0.3, -0.25) is 0 Å². The van der Waals surface area contributed by atoms with Gasteiger partial charge in [-0.25, -0.2) is 4.98 Å². The number of aromatic nitrogens is 2. The summed E-state index contributed by atoms with van der Waals surface area (Å²) < 4.78 is 0. The molecular formula is C14H19N5S. The van der Waals surface area contributed by atoms with Gasteiger partial charge in [0.05, 0.1) is 5.69 Å². The highest BCUT2D eigenvalue weighted by Crippen LogP contribution is 2.22. The van der Waals surface area contributed by atoms with E-state index in [-0.39, 0.29) is 0 Å². The Bertz CT molecular complexity index is 569. The highest BCUT2D eigenvalue weighted by Gasteiger charge is 2.22. The molecule has 1 saturated heterocycles. The highest BCUT2D eigenvalue weighted by atomic mass is 32.1. The molecule has 0 aromatic carbocycles. The number of likely N-dealkylation sites (N-methyl/N-ethyl adjacent to an activating group) is 1. The van der Waals surface area contributed by atoms with Crippen LogP contribution in [0.1, 0.15) is 17.0 Å². The minimum Gasteiger partial charge on any atom is -0.368 e. The van der Waals surface area contributed by atoms with E-state index in [1.54, 1.807) is 11.3 Å². The van der Waals surface area contributed by atoms with Gasteiger partial charge in [0, 0.05) is 36.5 Å². The van der Waals surface area contributed by atoms with Crippen LogP contribution in [0.3, 0.4) is 0 Å². The van der Waals surface area contributed by atoms with Crippen molar-refractivity contribution in [3.63, 3.8) is 0 Å². The molecule has 20 heavy (non-hydrogen) atoms. The van der Waals surface area contributed by atoms with Gasteiger partial charge in [-0.2, -0.15) is 4.98 Å². The Morgan fingerprint density at radius 3 is 3.10 bits per heavy atom. The summed E-state index contributed by atoms with van der Waals surface area (Å²) in [5.74, 6) is 1.31. The van der Waals surface area contributed by atoms with Crippen LogP contribution in [0.25, 0.3) is 0 Å². The molecule has 0 amide bonds. The molecule has 3 rings (SSSR count). The van der Waals surface area contributed by atoms with Gasteiger partial charge in [0.25, 0.3) is 0 Å². The van der Waals surface area contributed by atoms with E-state index in [1.165, 1.54) is 4.88 Å². The smallest absolute Gasteiger partial charge is 0.222 e. The minimum absolute atomic E-state index is 0.363. The molecule has 0 spiro atoms. The molecular weight excluding hydrogens is 270 g/mol. The summed E-state index contributed by atoms with van der Waals surface area (Å²) >= 11 is 1.74. The summed E-state index contributed by atoms with van der Waals surface area (Å²) in [6, 6.07) is 6.78. The zero-order valence-corrected chi connectivity index (χ0v) is 12.4. The number of hydrogen-bond acceptors (Lipinski definition) is 6. The molecule has 3 heterocycles. The lowest BCUT2D eigenvalue weighted by atomic mass is 10.2. The molecule has 0 radical (unpaired) electrons. The first-order valence-corrected chi connectivity index (χ1v) is 7.70. The number of rotatable bonds is 4. The molecule has 0 bridgehead atoms. The molecule has 106 valence electrons. The summed E-state index contributed by atoms with van der Waals surface area (Å²) in [7, 11) is 2.00. The normalized spacial score (nSPS) is 18.6. The van der Waals surface area contributed by atoms with Crippen LogP contribution < -0.4 is 16.0 Å². The number of thiophene rings is 1. The van der Waals surface area contributed by atoms with Crippen molar-refractivity contribution in [2.24, 2.45) is 0 Å². The van der Waals surface area contributed by atoms with Crippen LogP contribution in [-0.4, -0.2) is 36.1 Å². The average molecular weight is 289 g/mol. The van der Waals surface area contributed by atoms with Gasteiger partial charge in [0.2, 0.25) is 5.95 Å². The lowest BCUT2D eigenvalue weighted by Gasteiger charge is -2.18. The minimum atomic E-state index is 0.363. The van der Waals surface area contributed by atoms with Gasteiger partial charge in [0.15, 0.2) is 0 Å². The van der Waals surface area contributed by atoms with Gasteiger partial charge >= 0.3 is 0 Å². The van der Waals surface area contributed by atoms with Gasteiger partial charge < -0.3 is 16.0 Å². The molecule has 2 aromatic rings. The largest absolute Gasteiger partial charge is 0.368 e. The van der Waals surface area contributed by atoms with E-state index >= 15 is 0 Å². The second kappa shape index (κ2) is 5.76. The zero-order chi connectivity index (χ0) is 13.9. The quantitative estimate of drug-likeness (QED) is 0.893. The monoisotopic (exact) mass is 289 g/mol. The number of nitrogens with zero attached hydrogens (tertiary/aromatic N) is 3. The molecule has 0 saturated carbocycles. The van der Waals surface area contributed by atoms with Gasteiger partial charge in [-0.15, -0.1) is 11.3 Å². The van der Waals surface area contributed by atoms with Gasteiger partial charge in [0.1, 0.15) is 5.82 Å². The third-order valence-corrected chi connectivity index (χ3v) is 4.52. The van der Waals surface area contributed by atoms with Crippen LogP contribution >= 0.6 is 11.3 Å². The summed E-state index contributed by atoms with van der Waals surface area (Å²) in [6.07, 6.45) is 1.96. The molecule has 1 unspecified atom stereocenters. The average Bonchev–Trinajstić information content (AvgIpc) is 3.08. The summed E-state index contributed by atoms with van der Waals surface area (Å²) in [6.45, 7) is 1.99. The second-order valence-electron chi connectivity index (χ2n) is 5.05. The highest BCUT2D eigenvalue weighted by molar-refractivity contribution is 7.09. The van der Waals surface area contributed by atoms with Gasteiger partial charge in [-0.05, 0) is 24.9 Å². The molecule has 6 heteroatoms. The van der Waals surface area contributed by atoms with E-state index in [9.17, 15) is 0 Å². The maximum atomic E-state index is 5.86. The van der Waals surface area contributed by atoms with Crippen molar-refractivity contribution in [2.75, 3.05) is 30.8 Å². The second-order valence-corrected chi connectivity index (χ2v) is 6.08. The van der Waals surface area contributed by atoms with Crippen LogP contribution in [0.4, 0.5) is 11.8 Å². The van der Waals surface area contributed by atoms with Gasteiger partial charge in [-0.1, -0.05) is 6.07 Å². The predicted octanol–water partition coefficient (Wildman–Crippen LogP) is 1.51. The van der Waals surface area contributed by atoms with Crippen LogP contribution in [0.5, 0.6) is 0 Å². The molecule has 3 N–H and O–H groups in total. The maximum Gasteiger partial charge on any atom is 0.222 e.